The summed E-state index contributed by atoms with van der Waals surface area (Å²) >= 11 is 3.47. The second kappa shape index (κ2) is 5.59. The van der Waals surface area contributed by atoms with Gasteiger partial charge in [0, 0.05) is 16.5 Å². The van der Waals surface area contributed by atoms with Crippen molar-refractivity contribution >= 4 is 28.0 Å². The Bertz CT molecular complexity index is 693. The van der Waals surface area contributed by atoms with Crippen molar-refractivity contribution in [1.82, 2.24) is 0 Å². The van der Waals surface area contributed by atoms with Gasteiger partial charge in [-0.05, 0) is 34.4 Å². The monoisotopic (exact) mass is 328 g/mol. The molecule has 4 heteroatoms. The summed E-state index contributed by atoms with van der Waals surface area (Å²) in [6.45, 7) is 0.724. The van der Waals surface area contributed by atoms with E-state index in [0.717, 1.165) is 23.0 Å². The standard InChI is InChI=1S/C16H13BrN2O/c17-15-7-6-14-11-19(9-8-13(14)10-15)18-16(20)12-4-2-1-3-5-12/h1-7,10-11H,8-9H2. The van der Waals surface area contributed by atoms with Crippen LogP contribution in [0.2, 0.25) is 0 Å². The van der Waals surface area contributed by atoms with E-state index in [1.807, 2.05) is 36.5 Å². The molecule has 1 heterocycles. The van der Waals surface area contributed by atoms with Crippen molar-refractivity contribution in [2.45, 2.75) is 6.42 Å². The molecule has 0 radical (unpaired) electrons. The van der Waals surface area contributed by atoms with Crippen molar-refractivity contribution in [3.63, 3.8) is 0 Å². The number of rotatable bonds is 2. The molecule has 0 N–H and O–H groups in total. The number of halogens is 1. The third-order valence-electron chi connectivity index (χ3n) is 3.24. The lowest BCUT2D eigenvalue weighted by Crippen LogP contribution is -2.25. The number of hydrogen-bond donors (Lipinski definition) is 0. The number of fused-ring (bicyclic) bond motifs is 1. The van der Waals surface area contributed by atoms with Crippen molar-refractivity contribution in [1.29, 1.82) is 0 Å². The Hall–Kier alpha value is -1.94. The van der Waals surface area contributed by atoms with Crippen LogP contribution < -0.4 is 5.11 Å². The first-order valence-electron chi connectivity index (χ1n) is 6.43. The smallest absolute Gasteiger partial charge is 0.203 e. The molecular weight excluding hydrogens is 316 g/mol. The third-order valence-corrected chi connectivity index (χ3v) is 3.74. The van der Waals surface area contributed by atoms with Crippen molar-refractivity contribution in [2.24, 2.45) is 5.10 Å². The quantitative estimate of drug-likeness (QED) is 0.473. The maximum Gasteiger partial charge on any atom is 0.203 e. The van der Waals surface area contributed by atoms with Crippen LogP contribution >= 0.6 is 15.9 Å². The SMILES string of the molecule is [O-]/C(=N\[N+]1=Cc2ccc(Br)cc2CC1)c1ccccc1. The average molecular weight is 329 g/mol. The fourth-order valence-corrected chi connectivity index (χ4v) is 2.62. The minimum absolute atomic E-state index is 0.206. The predicted octanol–water partition coefficient (Wildman–Crippen LogP) is 2.16. The molecule has 0 spiro atoms. The first-order chi connectivity index (χ1) is 9.72. The Morgan fingerprint density at radius 1 is 1.15 bits per heavy atom. The molecule has 1 aliphatic heterocycles. The Balaban J connectivity index is 1.91. The highest BCUT2D eigenvalue weighted by Gasteiger charge is 2.15. The average Bonchev–Trinajstić information content (AvgIpc) is 2.48. The van der Waals surface area contributed by atoms with Crippen LogP contribution in [-0.2, 0) is 6.42 Å². The molecule has 20 heavy (non-hydrogen) atoms. The van der Waals surface area contributed by atoms with E-state index in [4.69, 9.17) is 0 Å². The van der Waals surface area contributed by atoms with E-state index in [-0.39, 0.29) is 5.90 Å². The van der Waals surface area contributed by atoms with E-state index in [1.54, 1.807) is 16.8 Å². The summed E-state index contributed by atoms with van der Waals surface area (Å²) in [7, 11) is 0. The molecule has 3 rings (SSSR count). The maximum atomic E-state index is 12.0. The van der Waals surface area contributed by atoms with Crippen LogP contribution in [0, 0.1) is 0 Å². The fraction of sp³-hybridized carbons (Fsp3) is 0.125. The van der Waals surface area contributed by atoms with E-state index in [1.165, 1.54) is 5.56 Å². The van der Waals surface area contributed by atoms with Crippen molar-refractivity contribution in [2.75, 3.05) is 6.54 Å². The van der Waals surface area contributed by atoms with E-state index in [0.29, 0.717) is 5.56 Å². The molecule has 2 aromatic carbocycles. The Morgan fingerprint density at radius 2 is 1.95 bits per heavy atom. The van der Waals surface area contributed by atoms with Crippen LogP contribution in [0.4, 0.5) is 0 Å². The van der Waals surface area contributed by atoms with Gasteiger partial charge in [-0.25, -0.2) is 0 Å². The minimum Gasteiger partial charge on any atom is -0.854 e. The van der Waals surface area contributed by atoms with Crippen LogP contribution in [0.25, 0.3) is 0 Å². The third kappa shape index (κ3) is 2.80. The highest BCUT2D eigenvalue weighted by Crippen LogP contribution is 2.18. The summed E-state index contributed by atoms with van der Waals surface area (Å²) in [5.41, 5.74) is 3.00. The summed E-state index contributed by atoms with van der Waals surface area (Å²) in [6, 6.07) is 15.3. The largest absolute Gasteiger partial charge is 0.854 e. The molecular formula is C16H13BrN2O. The molecule has 0 aromatic heterocycles. The summed E-state index contributed by atoms with van der Waals surface area (Å²) in [4.78, 5) is 0. The summed E-state index contributed by atoms with van der Waals surface area (Å²) < 4.78 is 2.81. The molecule has 2 aromatic rings. The van der Waals surface area contributed by atoms with Crippen molar-refractivity contribution < 1.29 is 9.79 Å². The van der Waals surface area contributed by atoms with Gasteiger partial charge in [0.2, 0.25) is 6.21 Å². The summed E-state index contributed by atoms with van der Waals surface area (Å²) in [5.74, 6) is -0.206. The topological polar surface area (TPSA) is 38.4 Å². The molecule has 0 saturated carbocycles. The van der Waals surface area contributed by atoms with Gasteiger partial charge in [-0.15, -0.1) is 0 Å². The molecule has 0 amide bonds. The van der Waals surface area contributed by atoms with Crippen LogP contribution in [0.15, 0.2) is 58.1 Å². The van der Waals surface area contributed by atoms with Gasteiger partial charge >= 0.3 is 0 Å². The molecule has 1 aliphatic rings. The van der Waals surface area contributed by atoms with Gasteiger partial charge < -0.3 is 5.11 Å². The molecule has 0 fully saturated rings. The van der Waals surface area contributed by atoms with Gasteiger partial charge in [-0.1, -0.05) is 50.9 Å². The number of benzene rings is 2. The zero-order valence-corrected chi connectivity index (χ0v) is 12.4. The fourth-order valence-electron chi connectivity index (χ4n) is 2.21. The molecule has 0 saturated heterocycles. The molecule has 0 bridgehead atoms. The van der Waals surface area contributed by atoms with Gasteiger partial charge in [0.25, 0.3) is 0 Å². The lowest BCUT2D eigenvalue weighted by molar-refractivity contribution is -0.533. The van der Waals surface area contributed by atoms with E-state index >= 15 is 0 Å². The van der Waals surface area contributed by atoms with Crippen LogP contribution in [-0.4, -0.2) is 23.3 Å². The van der Waals surface area contributed by atoms with Crippen molar-refractivity contribution in [3.05, 3.63) is 69.7 Å². The van der Waals surface area contributed by atoms with Crippen LogP contribution in [0.1, 0.15) is 16.7 Å². The second-order valence-corrected chi connectivity index (χ2v) is 5.57. The Morgan fingerprint density at radius 3 is 2.75 bits per heavy atom. The van der Waals surface area contributed by atoms with Gasteiger partial charge in [0.05, 0.1) is 5.90 Å². The van der Waals surface area contributed by atoms with Crippen LogP contribution in [0.3, 0.4) is 0 Å². The zero-order chi connectivity index (χ0) is 13.9. The Kier molecular flexibility index (Phi) is 3.65. The van der Waals surface area contributed by atoms with Crippen LogP contribution in [0.5, 0.6) is 0 Å². The molecule has 100 valence electrons. The first kappa shape index (κ1) is 13.1. The molecule has 0 unspecified atom stereocenters. The minimum atomic E-state index is -0.206. The predicted molar refractivity (Wildman–Crippen MR) is 81.1 cm³/mol. The van der Waals surface area contributed by atoms with Gasteiger partial charge in [-0.2, -0.15) is 0 Å². The van der Waals surface area contributed by atoms with E-state index in [2.05, 4.69) is 27.1 Å². The number of hydrogen-bond acceptors (Lipinski definition) is 2. The van der Waals surface area contributed by atoms with Crippen molar-refractivity contribution in [3.8, 4) is 0 Å². The molecule has 0 atom stereocenters. The lowest BCUT2D eigenvalue weighted by atomic mass is 10.0. The zero-order valence-electron chi connectivity index (χ0n) is 10.8. The summed E-state index contributed by atoms with van der Waals surface area (Å²) in [5, 5.41) is 16.2. The number of hydrazone groups is 1. The van der Waals surface area contributed by atoms with Gasteiger partial charge in [0.15, 0.2) is 6.54 Å². The maximum absolute atomic E-state index is 12.0. The normalized spacial score (nSPS) is 14.7. The van der Waals surface area contributed by atoms with Gasteiger partial charge in [-0.3, -0.25) is 0 Å². The highest BCUT2D eigenvalue weighted by atomic mass is 79.9. The van der Waals surface area contributed by atoms with E-state index < -0.39 is 0 Å². The van der Waals surface area contributed by atoms with E-state index in [9.17, 15) is 5.11 Å². The first-order valence-corrected chi connectivity index (χ1v) is 7.23. The van der Waals surface area contributed by atoms with Gasteiger partial charge in [0.1, 0.15) is 0 Å². The second-order valence-electron chi connectivity index (χ2n) is 4.66. The highest BCUT2D eigenvalue weighted by molar-refractivity contribution is 9.10. The Labute approximate surface area is 126 Å². The lowest BCUT2D eigenvalue weighted by Gasteiger charge is -2.12. The molecule has 0 aliphatic carbocycles. The number of nitrogens with zero attached hydrogens (tertiary/aromatic N) is 2. The molecule has 3 nitrogen and oxygen atoms in total. The summed E-state index contributed by atoms with van der Waals surface area (Å²) in [6.07, 6.45) is 2.81.